The molecule has 1 aliphatic rings. The molecule has 104 valence electrons. The summed E-state index contributed by atoms with van der Waals surface area (Å²) in [6, 6.07) is 5.30. The van der Waals surface area contributed by atoms with Crippen LogP contribution in [0.5, 0.6) is 0 Å². The second kappa shape index (κ2) is 6.55. The maximum absolute atomic E-state index is 12.2. The Balaban J connectivity index is 1.99. The predicted molar refractivity (Wildman–Crippen MR) is 75.0 cm³/mol. The largest absolute Gasteiger partial charge is 0.341 e. The molecule has 0 spiro atoms. The highest BCUT2D eigenvalue weighted by atomic mass is 16.2. The quantitative estimate of drug-likeness (QED) is 0.782. The van der Waals surface area contributed by atoms with Gasteiger partial charge in [0.2, 0.25) is 5.91 Å². The summed E-state index contributed by atoms with van der Waals surface area (Å²) in [6.07, 6.45) is 8.80. The number of rotatable bonds is 3. The van der Waals surface area contributed by atoms with E-state index in [1.54, 1.807) is 18.3 Å². The molecule has 2 rings (SSSR count). The Morgan fingerprint density at radius 1 is 1.26 bits per heavy atom. The van der Waals surface area contributed by atoms with Gasteiger partial charge >= 0.3 is 0 Å². The van der Waals surface area contributed by atoms with Crippen molar-refractivity contribution < 1.29 is 4.79 Å². The first-order valence-corrected chi connectivity index (χ1v) is 7.09. The summed E-state index contributed by atoms with van der Waals surface area (Å²) in [7, 11) is 1.87. The molecule has 0 unspecified atom stereocenters. The SMILES string of the molecule is CN(C(=O)Cn1ccccc1=O)C1CCCCCC1. The molecule has 1 aliphatic carbocycles. The van der Waals surface area contributed by atoms with Gasteiger partial charge in [-0.05, 0) is 18.9 Å². The molecule has 0 N–H and O–H groups in total. The average Bonchev–Trinajstić information content (AvgIpc) is 2.69. The van der Waals surface area contributed by atoms with Gasteiger partial charge in [0.1, 0.15) is 6.54 Å². The van der Waals surface area contributed by atoms with Crippen LogP contribution in [0.3, 0.4) is 0 Å². The second-order valence-electron chi connectivity index (χ2n) is 5.32. The summed E-state index contributed by atoms with van der Waals surface area (Å²) in [6.45, 7) is 0.146. The van der Waals surface area contributed by atoms with Crippen LogP contribution in [0.4, 0.5) is 0 Å². The fourth-order valence-corrected chi connectivity index (χ4v) is 2.70. The Hall–Kier alpha value is -1.58. The number of pyridine rings is 1. The lowest BCUT2D eigenvalue weighted by Crippen LogP contribution is -2.40. The summed E-state index contributed by atoms with van der Waals surface area (Å²) in [5.41, 5.74) is -0.120. The van der Waals surface area contributed by atoms with Crippen molar-refractivity contribution in [3.8, 4) is 0 Å². The first-order valence-electron chi connectivity index (χ1n) is 7.09. The van der Waals surface area contributed by atoms with Gasteiger partial charge < -0.3 is 9.47 Å². The van der Waals surface area contributed by atoms with Gasteiger partial charge in [0, 0.05) is 25.4 Å². The van der Waals surface area contributed by atoms with E-state index >= 15 is 0 Å². The van der Waals surface area contributed by atoms with Gasteiger partial charge in [0.15, 0.2) is 0 Å². The van der Waals surface area contributed by atoms with Gasteiger partial charge in [-0.2, -0.15) is 0 Å². The number of nitrogens with zero attached hydrogens (tertiary/aromatic N) is 2. The van der Waals surface area contributed by atoms with Crippen LogP contribution in [-0.2, 0) is 11.3 Å². The van der Waals surface area contributed by atoms with Crippen molar-refractivity contribution in [1.29, 1.82) is 0 Å². The van der Waals surface area contributed by atoms with E-state index in [1.807, 2.05) is 11.9 Å². The van der Waals surface area contributed by atoms with Crippen LogP contribution in [-0.4, -0.2) is 28.5 Å². The standard InChI is InChI=1S/C15H22N2O2/c1-16(13-8-4-2-3-5-9-13)15(19)12-17-11-7-6-10-14(17)18/h6-7,10-11,13H,2-5,8-9,12H2,1H3. The number of hydrogen-bond donors (Lipinski definition) is 0. The molecule has 1 saturated carbocycles. The monoisotopic (exact) mass is 262 g/mol. The summed E-state index contributed by atoms with van der Waals surface area (Å²) < 4.78 is 1.47. The third-order valence-electron chi connectivity index (χ3n) is 3.97. The van der Waals surface area contributed by atoms with Crippen molar-refractivity contribution in [1.82, 2.24) is 9.47 Å². The number of amides is 1. The first-order chi connectivity index (χ1) is 9.18. The third kappa shape index (κ3) is 3.69. The highest BCUT2D eigenvalue weighted by Gasteiger charge is 2.21. The van der Waals surface area contributed by atoms with Crippen LogP contribution in [0.1, 0.15) is 38.5 Å². The van der Waals surface area contributed by atoms with Crippen molar-refractivity contribution in [3.05, 3.63) is 34.7 Å². The van der Waals surface area contributed by atoms with Gasteiger partial charge in [0.25, 0.3) is 5.56 Å². The summed E-state index contributed by atoms with van der Waals surface area (Å²) >= 11 is 0. The van der Waals surface area contributed by atoms with Gasteiger partial charge in [-0.15, -0.1) is 0 Å². The average molecular weight is 262 g/mol. The Kier molecular flexibility index (Phi) is 4.77. The zero-order valence-electron chi connectivity index (χ0n) is 11.5. The molecular weight excluding hydrogens is 240 g/mol. The lowest BCUT2D eigenvalue weighted by atomic mass is 10.1. The lowest BCUT2D eigenvalue weighted by molar-refractivity contribution is -0.132. The van der Waals surface area contributed by atoms with Gasteiger partial charge in [-0.3, -0.25) is 9.59 Å². The second-order valence-corrected chi connectivity index (χ2v) is 5.32. The molecule has 1 fully saturated rings. The van der Waals surface area contributed by atoms with Gasteiger partial charge in [0.05, 0.1) is 0 Å². The molecule has 0 aromatic carbocycles. The molecule has 4 nitrogen and oxygen atoms in total. The molecule has 4 heteroatoms. The lowest BCUT2D eigenvalue weighted by Gasteiger charge is -2.27. The third-order valence-corrected chi connectivity index (χ3v) is 3.97. The first kappa shape index (κ1) is 13.8. The number of carbonyl (C=O) groups excluding carboxylic acids is 1. The molecule has 0 atom stereocenters. The molecule has 0 radical (unpaired) electrons. The number of likely N-dealkylation sites (N-methyl/N-ethyl adjacent to an activating group) is 1. The Morgan fingerprint density at radius 2 is 1.95 bits per heavy atom. The topological polar surface area (TPSA) is 42.3 Å². The maximum atomic E-state index is 12.2. The van der Waals surface area contributed by atoms with Gasteiger partial charge in [-0.25, -0.2) is 0 Å². The van der Waals surface area contributed by atoms with E-state index in [1.165, 1.54) is 36.3 Å². The molecule has 0 saturated heterocycles. The van der Waals surface area contributed by atoms with E-state index < -0.39 is 0 Å². The normalized spacial score (nSPS) is 16.9. The zero-order valence-corrected chi connectivity index (χ0v) is 11.5. The zero-order chi connectivity index (χ0) is 13.7. The fourth-order valence-electron chi connectivity index (χ4n) is 2.70. The van der Waals surface area contributed by atoms with E-state index in [4.69, 9.17) is 0 Å². The molecule has 0 aliphatic heterocycles. The Bertz CT molecular complexity index is 473. The number of hydrogen-bond acceptors (Lipinski definition) is 2. The summed E-state index contributed by atoms with van der Waals surface area (Å²) in [4.78, 5) is 25.7. The summed E-state index contributed by atoms with van der Waals surface area (Å²) in [5, 5.41) is 0. The highest BCUT2D eigenvalue weighted by Crippen LogP contribution is 2.21. The van der Waals surface area contributed by atoms with Crippen LogP contribution in [0, 0.1) is 0 Å². The Morgan fingerprint density at radius 3 is 2.58 bits per heavy atom. The van der Waals surface area contributed by atoms with E-state index in [2.05, 4.69) is 0 Å². The van der Waals surface area contributed by atoms with Gasteiger partial charge in [-0.1, -0.05) is 31.7 Å². The molecule has 0 bridgehead atoms. The van der Waals surface area contributed by atoms with Crippen LogP contribution < -0.4 is 5.56 Å². The van der Waals surface area contributed by atoms with E-state index in [9.17, 15) is 9.59 Å². The van der Waals surface area contributed by atoms with Crippen LogP contribution in [0.15, 0.2) is 29.2 Å². The Labute approximate surface area is 114 Å². The minimum atomic E-state index is -0.120. The molecule has 1 heterocycles. The van der Waals surface area contributed by atoms with Crippen LogP contribution >= 0.6 is 0 Å². The minimum absolute atomic E-state index is 0.0280. The van der Waals surface area contributed by atoms with Crippen molar-refractivity contribution in [2.24, 2.45) is 0 Å². The van der Waals surface area contributed by atoms with Crippen LogP contribution in [0.2, 0.25) is 0 Å². The van der Waals surface area contributed by atoms with E-state index in [-0.39, 0.29) is 18.0 Å². The summed E-state index contributed by atoms with van der Waals surface area (Å²) in [5.74, 6) is 0.0280. The van der Waals surface area contributed by atoms with E-state index in [0.29, 0.717) is 6.04 Å². The smallest absolute Gasteiger partial charge is 0.250 e. The molecule has 1 aromatic rings. The molecule has 1 amide bonds. The highest BCUT2D eigenvalue weighted by molar-refractivity contribution is 5.76. The molecular formula is C15H22N2O2. The fraction of sp³-hybridized carbons (Fsp3) is 0.600. The van der Waals surface area contributed by atoms with Crippen molar-refractivity contribution in [3.63, 3.8) is 0 Å². The van der Waals surface area contributed by atoms with Crippen molar-refractivity contribution in [2.75, 3.05) is 7.05 Å². The number of carbonyl (C=O) groups is 1. The number of aromatic nitrogens is 1. The van der Waals surface area contributed by atoms with E-state index in [0.717, 1.165) is 12.8 Å². The minimum Gasteiger partial charge on any atom is -0.341 e. The van der Waals surface area contributed by atoms with Crippen LogP contribution in [0.25, 0.3) is 0 Å². The predicted octanol–water partition coefficient (Wildman–Crippen LogP) is 2.03. The molecule has 1 aromatic heterocycles. The maximum Gasteiger partial charge on any atom is 0.250 e. The van der Waals surface area contributed by atoms with Crippen molar-refractivity contribution >= 4 is 5.91 Å². The van der Waals surface area contributed by atoms with Crippen molar-refractivity contribution in [2.45, 2.75) is 51.1 Å². The molecule has 19 heavy (non-hydrogen) atoms.